The summed E-state index contributed by atoms with van der Waals surface area (Å²) in [6.45, 7) is 1.52. The normalized spacial score (nSPS) is 16.5. The van der Waals surface area contributed by atoms with Gasteiger partial charge in [0, 0.05) is 19.2 Å². The molecule has 1 amide bonds. The second-order valence-corrected chi connectivity index (χ2v) is 7.16. The molecule has 1 atom stereocenters. The van der Waals surface area contributed by atoms with E-state index in [2.05, 4.69) is 6.07 Å². The van der Waals surface area contributed by atoms with Crippen molar-refractivity contribution in [2.24, 2.45) is 0 Å². The van der Waals surface area contributed by atoms with E-state index in [4.69, 9.17) is 14.2 Å². The molecule has 7 heteroatoms. The van der Waals surface area contributed by atoms with Crippen LogP contribution in [0.25, 0.3) is 6.08 Å². The number of methoxy groups -OCH3 is 2. The molecule has 0 N–H and O–H groups in total. The summed E-state index contributed by atoms with van der Waals surface area (Å²) < 4.78 is 15.7. The molecule has 1 aromatic carbocycles. The molecule has 2 rings (SSSR count). The fourth-order valence-electron chi connectivity index (χ4n) is 3.50. The van der Waals surface area contributed by atoms with Gasteiger partial charge in [-0.15, -0.1) is 0 Å². The first-order valence-corrected chi connectivity index (χ1v) is 9.66. The molecule has 1 aliphatic carbocycles. The molecule has 0 aromatic heterocycles. The Morgan fingerprint density at radius 2 is 1.72 bits per heavy atom. The third-order valence-corrected chi connectivity index (χ3v) is 5.29. The average Bonchev–Trinajstić information content (AvgIpc) is 2.76. The van der Waals surface area contributed by atoms with Gasteiger partial charge in [0.25, 0.3) is 5.91 Å². The highest BCUT2D eigenvalue weighted by molar-refractivity contribution is 5.90. The van der Waals surface area contributed by atoms with Crippen LogP contribution in [0.15, 0.2) is 24.3 Å². The maximum atomic E-state index is 12.7. The zero-order chi connectivity index (χ0) is 21.4. The predicted molar refractivity (Wildman–Crippen MR) is 108 cm³/mol. The van der Waals surface area contributed by atoms with Gasteiger partial charge in [-0.25, -0.2) is 4.79 Å². The van der Waals surface area contributed by atoms with Gasteiger partial charge in [0.15, 0.2) is 6.10 Å². The van der Waals surface area contributed by atoms with Gasteiger partial charge in [0.2, 0.25) is 0 Å². The second kappa shape index (κ2) is 9.97. The molecule has 0 bridgehead atoms. The second-order valence-electron chi connectivity index (χ2n) is 7.16. The van der Waals surface area contributed by atoms with Crippen molar-refractivity contribution >= 4 is 18.0 Å². The van der Waals surface area contributed by atoms with Gasteiger partial charge in [0.05, 0.1) is 20.3 Å². The summed E-state index contributed by atoms with van der Waals surface area (Å²) in [5, 5.41) is 9.64. The zero-order valence-corrected chi connectivity index (χ0v) is 17.4. The molecule has 0 spiro atoms. The Balaban J connectivity index is 2.02. The monoisotopic (exact) mass is 400 g/mol. The van der Waals surface area contributed by atoms with Crippen molar-refractivity contribution in [2.75, 3.05) is 21.3 Å². The van der Waals surface area contributed by atoms with E-state index in [1.165, 1.54) is 17.9 Å². The number of benzene rings is 1. The Morgan fingerprint density at radius 1 is 1.14 bits per heavy atom. The van der Waals surface area contributed by atoms with E-state index < -0.39 is 17.6 Å². The Hall–Kier alpha value is -3.01. The van der Waals surface area contributed by atoms with Crippen molar-refractivity contribution in [3.05, 3.63) is 29.8 Å². The van der Waals surface area contributed by atoms with Gasteiger partial charge >= 0.3 is 5.97 Å². The van der Waals surface area contributed by atoms with Crippen LogP contribution in [0.1, 0.15) is 44.6 Å². The van der Waals surface area contributed by atoms with E-state index in [-0.39, 0.29) is 5.91 Å². The number of rotatable bonds is 7. The van der Waals surface area contributed by atoms with Gasteiger partial charge in [-0.3, -0.25) is 4.79 Å². The minimum absolute atomic E-state index is 0.377. The van der Waals surface area contributed by atoms with Gasteiger partial charge in [0.1, 0.15) is 17.0 Å². The first-order chi connectivity index (χ1) is 13.8. The highest BCUT2D eigenvalue weighted by Crippen LogP contribution is 2.33. The molecule has 156 valence electrons. The molecule has 1 aliphatic rings. The predicted octanol–water partition coefficient (Wildman–Crippen LogP) is 3.33. The fourth-order valence-corrected chi connectivity index (χ4v) is 3.50. The molecule has 0 unspecified atom stereocenters. The minimum atomic E-state index is -0.982. The van der Waals surface area contributed by atoms with E-state index in [0.717, 1.165) is 19.3 Å². The van der Waals surface area contributed by atoms with Gasteiger partial charge in [-0.05, 0) is 43.5 Å². The van der Waals surface area contributed by atoms with Gasteiger partial charge in [-0.1, -0.05) is 19.3 Å². The Bertz CT molecular complexity index is 784. The van der Waals surface area contributed by atoms with Crippen LogP contribution in [0.3, 0.4) is 0 Å². The van der Waals surface area contributed by atoms with Crippen LogP contribution in [0.4, 0.5) is 0 Å². The number of carbonyl (C=O) groups excluding carboxylic acids is 2. The number of carbonyl (C=O) groups is 2. The molecule has 0 saturated heterocycles. The van der Waals surface area contributed by atoms with Crippen LogP contribution in [-0.4, -0.2) is 49.7 Å². The van der Waals surface area contributed by atoms with Crippen molar-refractivity contribution in [1.29, 1.82) is 5.26 Å². The molecule has 1 fully saturated rings. The number of amides is 1. The lowest BCUT2D eigenvalue weighted by molar-refractivity contribution is -0.157. The smallest absolute Gasteiger partial charge is 0.331 e. The maximum Gasteiger partial charge on any atom is 0.331 e. The largest absolute Gasteiger partial charge is 0.497 e. The lowest BCUT2D eigenvalue weighted by Gasteiger charge is -2.39. The zero-order valence-electron chi connectivity index (χ0n) is 17.4. The third-order valence-electron chi connectivity index (χ3n) is 5.29. The summed E-state index contributed by atoms with van der Waals surface area (Å²) in [4.78, 5) is 26.3. The Morgan fingerprint density at radius 3 is 2.24 bits per heavy atom. The summed E-state index contributed by atoms with van der Waals surface area (Å²) in [5.74, 6) is 0.169. The number of esters is 1. The minimum Gasteiger partial charge on any atom is -0.497 e. The van der Waals surface area contributed by atoms with E-state index in [1.54, 1.807) is 45.5 Å². The van der Waals surface area contributed by atoms with Crippen LogP contribution < -0.4 is 9.47 Å². The molecular weight excluding hydrogens is 372 g/mol. The van der Waals surface area contributed by atoms with Crippen LogP contribution in [0.5, 0.6) is 11.5 Å². The first-order valence-electron chi connectivity index (χ1n) is 9.66. The molecule has 7 nitrogen and oxygen atoms in total. The van der Waals surface area contributed by atoms with Crippen LogP contribution >= 0.6 is 0 Å². The number of nitriles is 1. The van der Waals surface area contributed by atoms with Crippen molar-refractivity contribution in [2.45, 2.75) is 50.7 Å². The fraction of sp³-hybridized carbons (Fsp3) is 0.500. The standard InChI is InChI=1S/C22H28N2O5/c1-16(21(26)24(2)22(15-23)10-6-5-7-11-22)29-20(25)9-8-17-12-18(27-3)14-19(13-17)28-4/h8-9,12-14,16H,5-7,10-11H2,1-4H3/b9-8+/t16-/m1/s1. The van der Waals surface area contributed by atoms with E-state index in [1.807, 2.05) is 0 Å². The van der Waals surface area contributed by atoms with E-state index >= 15 is 0 Å². The summed E-state index contributed by atoms with van der Waals surface area (Å²) in [6, 6.07) is 7.52. The number of nitrogens with zero attached hydrogens (tertiary/aromatic N) is 2. The summed E-state index contributed by atoms with van der Waals surface area (Å²) in [6.07, 6.45) is 6.00. The molecule has 0 aliphatic heterocycles. The first kappa shape index (κ1) is 22.3. The maximum absolute atomic E-state index is 12.7. The number of hydrogen-bond acceptors (Lipinski definition) is 6. The number of ether oxygens (including phenoxy) is 3. The molecule has 0 radical (unpaired) electrons. The topological polar surface area (TPSA) is 88.9 Å². The number of hydrogen-bond donors (Lipinski definition) is 0. The van der Waals surface area contributed by atoms with Gasteiger partial charge < -0.3 is 19.1 Å². The van der Waals surface area contributed by atoms with Crippen LogP contribution in [0, 0.1) is 11.3 Å². The number of likely N-dealkylation sites (N-methyl/N-ethyl adjacent to an activating group) is 1. The Labute approximate surface area is 171 Å². The van der Waals surface area contributed by atoms with Crippen LogP contribution in [-0.2, 0) is 14.3 Å². The summed E-state index contributed by atoms with van der Waals surface area (Å²) >= 11 is 0. The van der Waals surface area contributed by atoms with Crippen molar-refractivity contribution in [3.63, 3.8) is 0 Å². The molecule has 1 saturated carbocycles. The lowest BCUT2D eigenvalue weighted by atomic mass is 9.81. The van der Waals surface area contributed by atoms with E-state index in [9.17, 15) is 14.9 Å². The van der Waals surface area contributed by atoms with Gasteiger partial charge in [-0.2, -0.15) is 5.26 Å². The van der Waals surface area contributed by atoms with E-state index in [0.29, 0.717) is 29.9 Å². The van der Waals surface area contributed by atoms with Crippen molar-refractivity contribution < 1.29 is 23.8 Å². The molecule has 1 aromatic rings. The molecular formula is C22H28N2O5. The third kappa shape index (κ3) is 5.50. The van der Waals surface area contributed by atoms with Crippen molar-refractivity contribution in [3.8, 4) is 17.6 Å². The van der Waals surface area contributed by atoms with Crippen LogP contribution in [0.2, 0.25) is 0 Å². The molecule has 29 heavy (non-hydrogen) atoms. The SMILES string of the molecule is COc1cc(/C=C/C(=O)O[C@H](C)C(=O)N(C)C2(C#N)CCCCC2)cc(OC)c1. The highest BCUT2D eigenvalue weighted by atomic mass is 16.5. The summed E-state index contributed by atoms with van der Waals surface area (Å²) in [7, 11) is 4.70. The average molecular weight is 400 g/mol. The van der Waals surface area contributed by atoms with Crippen molar-refractivity contribution in [1.82, 2.24) is 4.90 Å². The molecule has 0 heterocycles. The highest BCUT2D eigenvalue weighted by Gasteiger charge is 2.40. The Kier molecular flexibility index (Phi) is 7.66. The summed E-state index contributed by atoms with van der Waals surface area (Å²) in [5.41, 5.74) is -0.122. The lowest BCUT2D eigenvalue weighted by Crippen LogP contribution is -2.53. The quantitative estimate of drug-likeness (QED) is 0.515.